The molecule has 2 rings (SSSR count). The fourth-order valence-electron chi connectivity index (χ4n) is 3.46. The van der Waals surface area contributed by atoms with Gasteiger partial charge in [-0.2, -0.15) is 0 Å². The fraction of sp³-hybridized carbons (Fsp3) is 0.632. The third kappa shape index (κ3) is 4.01. The first-order valence-corrected chi connectivity index (χ1v) is 8.63. The number of carbonyl (C=O) groups is 1. The highest BCUT2D eigenvalue weighted by Crippen LogP contribution is 2.34. The highest BCUT2D eigenvalue weighted by molar-refractivity contribution is 5.79. The van der Waals surface area contributed by atoms with Crippen LogP contribution < -0.4 is 20.5 Å². The van der Waals surface area contributed by atoms with Crippen molar-refractivity contribution in [1.82, 2.24) is 5.32 Å². The smallest absolute Gasteiger partial charge is 0.223 e. The van der Waals surface area contributed by atoms with E-state index in [9.17, 15) is 4.79 Å². The number of ether oxygens (including phenoxy) is 2. The van der Waals surface area contributed by atoms with Crippen molar-refractivity contribution in [2.75, 3.05) is 27.3 Å². The topological polar surface area (TPSA) is 73.6 Å². The van der Waals surface area contributed by atoms with Gasteiger partial charge in [-0.15, -0.1) is 0 Å². The quantitative estimate of drug-likeness (QED) is 0.803. The Morgan fingerprint density at radius 2 is 1.96 bits per heavy atom. The Morgan fingerprint density at radius 1 is 1.25 bits per heavy atom. The number of hydrogen-bond acceptors (Lipinski definition) is 4. The van der Waals surface area contributed by atoms with Crippen molar-refractivity contribution in [3.63, 3.8) is 0 Å². The number of methoxy groups -OCH3 is 2. The van der Waals surface area contributed by atoms with Crippen molar-refractivity contribution >= 4 is 5.91 Å². The number of nitrogens with one attached hydrogen (secondary N) is 1. The van der Waals surface area contributed by atoms with Crippen LogP contribution in [0.2, 0.25) is 0 Å². The Morgan fingerprint density at radius 3 is 2.58 bits per heavy atom. The molecule has 0 spiro atoms. The molecule has 1 amide bonds. The minimum atomic E-state index is -0.202. The van der Waals surface area contributed by atoms with E-state index in [0.29, 0.717) is 30.5 Å². The second-order valence-corrected chi connectivity index (χ2v) is 7.20. The van der Waals surface area contributed by atoms with E-state index in [0.717, 1.165) is 24.8 Å². The molecule has 1 aliphatic carbocycles. The summed E-state index contributed by atoms with van der Waals surface area (Å²) in [6.45, 7) is 5.40. The van der Waals surface area contributed by atoms with Gasteiger partial charge in [-0.1, -0.05) is 26.3 Å². The van der Waals surface area contributed by atoms with E-state index in [4.69, 9.17) is 15.2 Å². The van der Waals surface area contributed by atoms with Crippen LogP contribution in [0.4, 0.5) is 0 Å². The van der Waals surface area contributed by atoms with Crippen molar-refractivity contribution in [3.05, 3.63) is 23.8 Å². The Labute approximate surface area is 144 Å². The molecule has 1 fully saturated rings. The van der Waals surface area contributed by atoms with Gasteiger partial charge in [0.25, 0.3) is 0 Å². The van der Waals surface area contributed by atoms with Gasteiger partial charge in [0, 0.05) is 17.9 Å². The predicted octanol–water partition coefficient (Wildman–Crippen LogP) is 2.47. The van der Waals surface area contributed by atoms with Crippen LogP contribution in [0.5, 0.6) is 11.5 Å². The van der Waals surface area contributed by atoms with Gasteiger partial charge in [0.1, 0.15) is 0 Å². The van der Waals surface area contributed by atoms with Gasteiger partial charge in [0.2, 0.25) is 5.91 Å². The van der Waals surface area contributed by atoms with Crippen molar-refractivity contribution in [1.29, 1.82) is 0 Å². The number of amides is 1. The Hall–Kier alpha value is -1.75. The summed E-state index contributed by atoms with van der Waals surface area (Å²) in [5.74, 6) is 1.94. The van der Waals surface area contributed by atoms with Crippen molar-refractivity contribution in [2.45, 2.75) is 38.5 Å². The zero-order valence-corrected chi connectivity index (χ0v) is 15.2. The molecule has 0 radical (unpaired) electrons. The summed E-state index contributed by atoms with van der Waals surface area (Å²) in [5.41, 5.74) is 6.69. The summed E-state index contributed by atoms with van der Waals surface area (Å²) in [5, 5.41) is 3.13. The molecule has 0 unspecified atom stereocenters. The maximum absolute atomic E-state index is 12.5. The molecule has 0 bridgehead atoms. The van der Waals surface area contributed by atoms with Crippen LogP contribution in [0.25, 0.3) is 0 Å². The maximum atomic E-state index is 12.5. The molecular weight excluding hydrogens is 304 g/mol. The van der Waals surface area contributed by atoms with Crippen molar-refractivity contribution < 1.29 is 14.3 Å². The first-order chi connectivity index (χ1) is 11.4. The van der Waals surface area contributed by atoms with Crippen LogP contribution in [0.1, 0.15) is 38.7 Å². The number of hydrogen-bond donors (Lipinski definition) is 2. The van der Waals surface area contributed by atoms with Gasteiger partial charge in [-0.25, -0.2) is 0 Å². The van der Waals surface area contributed by atoms with Crippen molar-refractivity contribution in [3.8, 4) is 11.5 Å². The predicted molar refractivity (Wildman–Crippen MR) is 95.5 cm³/mol. The summed E-state index contributed by atoms with van der Waals surface area (Å²) in [6, 6.07) is 5.90. The van der Waals surface area contributed by atoms with Crippen molar-refractivity contribution in [2.24, 2.45) is 17.6 Å². The first-order valence-electron chi connectivity index (χ1n) is 8.63. The van der Waals surface area contributed by atoms with Crippen LogP contribution in [-0.4, -0.2) is 33.2 Å². The van der Waals surface area contributed by atoms with E-state index < -0.39 is 0 Å². The molecule has 134 valence electrons. The molecule has 3 N–H and O–H groups in total. The standard InChI is InChI=1S/C19H30N2O3/c1-19(2,14-8-9-16(23-3)17(10-14)24-4)12-21-18(22)15-7-5-6-13(15)11-20/h8-10,13,15H,5-7,11-12,20H2,1-4H3,(H,21,22)/t13-,15-/m1/s1. The van der Waals surface area contributed by atoms with Gasteiger partial charge in [-0.3, -0.25) is 4.79 Å². The van der Waals surface area contributed by atoms with E-state index in [-0.39, 0.29) is 17.2 Å². The molecule has 1 aliphatic rings. The largest absolute Gasteiger partial charge is 0.493 e. The van der Waals surface area contributed by atoms with Gasteiger partial charge in [0.05, 0.1) is 14.2 Å². The van der Waals surface area contributed by atoms with E-state index in [1.54, 1.807) is 14.2 Å². The van der Waals surface area contributed by atoms with Gasteiger partial charge in [0.15, 0.2) is 11.5 Å². The summed E-state index contributed by atoms with van der Waals surface area (Å²) in [7, 11) is 3.25. The highest BCUT2D eigenvalue weighted by atomic mass is 16.5. The molecular formula is C19H30N2O3. The van der Waals surface area contributed by atoms with Gasteiger partial charge >= 0.3 is 0 Å². The summed E-state index contributed by atoms with van der Waals surface area (Å²) in [6.07, 6.45) is 3.11. The molecule has 0 saturated heterocycles. The SMILES string of the molecule is COc1ccc(C(C)(C)CNC(=O)[C@@H]2CCC[C@@H]2CN)cc1OC. The second kappa shape index (κ2) is 7.88. The molecule has 0 aliphatic heterocycles. The average Bonchev–Trinajstić information content (AvgIpc) is 3.07. The zero-order valence-electron chi connectivity index (χ0n) is 15.2. The number of carbonyl (C=O) groups excluding carboxylic acids is 1. The van der Waals surface area contributed by atoms with Gasteiger partial charge in [-0.05, 0) is 43.0 Å². The van der Waals surface area contributed by atoms with E-state index in [1.807, 2.05) is 18.2 Å². The molecule has 0 aromatic heterocycles. The van der Waals surface area contributed by atoms with Crippen LogP contribution in [-0.2, 0) is 10.2 Å². The monoisotopic (exact) mass is 334 g/mol. The number of rotatable bonds is 7. The molecule has 2 atom stereocenters. The number of nitrogens with two attached hydrogens (primary N) is 1. The molecule has 1 saturated carbocycles. The van der Waals surface area contributed by atoms with E-state index >= 15 is 0 Å². The van der Waals surface area contributed by atoms with E-state index in [2.05, 4.69) is 19.2 Å². The summed E-state index contributed by atoms with van der Waals surface area (Å²) >= 11 is 0. The minimum Gasteiger partial charge on any atom is -0.493 e. The third-order valence-corrected chi connectivity index (χ3v) is 5.17. The molecule has 0 heterocycles. The average molecular weight is 334 g/mol. The third-order valence-electron chi connectivity index (χ3n) is 5.17. The van der Waals surface area contributed by atoms with Crippen LogP contribution in [0.3, 0.4) is 0 Å². The van der Waals surface area contributed by atoms with Gasteiger partial charge < -0.3 is 20.5 Å². The highest BCUT2D eigenvalue weighted by Gasteiger charge is 2.33. The Balaban J connectivity index is 2.04. The Kier molecular flexibility index (Phi) is 6.10. The summed E-state index contributed by atoms with van der Waals surface area (Å²) in [4.78, 5) is 12.5. The minimum absolute atomic E-state index is 0.0659. The molecule has 5 heteroatoms. The van der Waals surface area contributed by atoms with E-state index in [1.165, 1.54) is 0 Å². The molecule has 1 aromatic rings. The lowest BCUT2D eigenvalue weighted by atomic mass is 9.84. The number of benzene rings is 1. The second-order valence-electron chi connectivity index (χ2n) is 7.20. The zero-order chi connectivity index (χ0) is 17.7. The molecule has 24 heavy (non-hydrogen) atoms. The van der Waals surface area contributed by atoms with Crippen LogP contribution in [0.15, 0.2) is 18.2 Å². The lowest BCUT2D eigenvalue weighted by Gasteiger charge is -2.28. The normalized spacial score (nSPS) is 20.7. The lowest BCUT2D eigenvalue weighted by molar-refractivity contribution is -0.126. The van der Waals surface area contributed by atoms with Crippen LogP contribution in [0, 0.1) is 11.8 Å². The lowest BCUT2D eigenvalue weighted by Crippen LogP contribution is -2.41. The first kappa shape index (κ1) is 18.6. The summed E-state index contributed by atoms with van der Waals surface area (Å²) < 4.78 is 10.7. The molecule has 1 aromatic carbocycles. The fourth-order valence-corrected chi connectivity index (χ4v) is 3.46. The van der Waals surface area contributed by atoms with Crippen LogP contribution >= 0.6 is 0 Å². The maximum Gasteiger partial charge on any atom is 0.223 e. The Bertz CT molecular complexity index is 572. The molecule has 5 nitrogen and oxygen atoms in total.